The highest BCUT2D eigenvalue weighted by Crippen LogP contribution is 2.27. The highest BCUT2D eigenvalue weighted by molar-refractivity contribution is 7.92. The van der Waals surface area contributed by atoms with Crippen molar-refractivity contribution in [2.24, 2.45) is 5.92 Å². The summed E-state index contributed by atoms with van der Waals surface area (Å²) >= 11 is 0. The van der Waals surface area contributed by atoms with Crippen LogP contribution in [0.3, 0.4) is 0 Å². The Morgan fingerprint density at radius 2 is 1.44 bits per heavy atom. The zero-order chi connectivity index (χ0) is 20.3. The molecule has 0 amide bonds. The SMILES string of the molecule is CC(C)(C)S(=O)(=O)N[C@H]1CC[C@H](CNc2ccc(NS(C)(=O)=O)cc2)CC1. The smallest absolute Gasteiger partial charge is 0.229 e. The van der Waals surface area contributed by atoms with Crippen molar-refractivity contribution >= 4 is 31.4 Å². The minimum absolute atomic E-state index is 0.0202. The van der Waals surface area contributed by atoms with E-state index in [1.807, 2.05) is 12.1 Å². The van der Waals surface area contributed by atoms with Gasteiger partial charge in [-0.3, -0.25) is 4.72 Å². The third kappa shape index (κ3) is 6.97. The quantitative estimate of drug-likeness (QED) is 0.633. The number of rotatable bonds is 7. The first kappa shape index (κ1) is 22.0. The molecule has 0 unspecified atom stereocenters. The van der Waals surface area contributed by atoms with Gasteiger partial charge in [-0.1, -0.05) is 0 Å². The molecule has 9 heteroatoms. The molecular weight excluding hydrogens is 386 g/mol. The monoisotopic (exact) mass is 417 g/mol. The topological polar surface area (TPSA) is 104 Å². The molecule has 3 N–H and O–H groups in total. The molecule has 1 fully saturated rings. The Hall–Kier alpha value is -1.32. The van der Waals surface area contributed by atoms with Gasteiger partial charge < -0.3 is 5.32 Å². The maximum atomic E-state index is 12.3. The first-order chi connectivity index (χ1) is 12.4. The number of nitrogens with one attached hydrogen (secondary N) is 3. The molecule has 154 valence electrons. The van der Waals surface area contributed by atoms with Crippen molar-refractivity contribution in [1.29, 1.82) is 0 Å². The molecular formula is C18H31N3O4S2. The van der Waals surface area contributed by atoms with Gasteiger partial charge in [-0.05, 0) is 76.6 Å². The van der Waals surface area contributed by atoms with Crippen LogP contribution in [0.1, 0.15) is 46.5 Å². The molecule has 27 heavy (non-hydrogen) atoms. The second-order valence-electron chi connectivity index (χ2n) is 8.28. The van der Waals surface area contributed by atoms with E-state index in [9.17, 15) is 16.8 Å². The van der Waals surface area contributed by atoms with Crippen molar-refractivity contribution in [3.05, 3.63) is 24.3 Å². The summed E-state index contributed by atoms with van der Waals surface area (Å²) in [4.78, 5) is 0. The lowest BCUT2D eigenvalue weighted by molar-refractivity contribution is 0.322. The predicted molar refractivity (Wildman–Crippen MR) is 111 cm³/mol. The molecule has 0 saturated heterocycles. The van der Waals surface area contributed by atoms with Crippen LogP contribution in [0.2, 0.25) is 0 Å². The van der Waals surface area contributed by atoms with Crippen LogP contribution in [0, 0.1) is 5.92 Å². The summed E-state index contributed by atoms with van der Waals surface area (Å²) in [5, 5.41) is 3.38. The van der Waals surface area contributed by atoms with Gasteiger partial charge in [-0.2, -0.15) is 0 Å². The predicted octanol–water partition coefficient (Wildman–Crippen LogP) is 2.75. The van der Waals surface area contributed by atoms with E-state index in [4.69, 9.17) is 0 Å². The molecule has 0 spiro atoms. The van der Waals surface area contributed by atoms with Crippen LogP contribution in [0.5, 0.6) is 0 Å². The molecule has 0 aliphatic heterocycles. The van der Waals surface area contributed by atoms with E-state index < -0.39 is 24.8 Å². The number of anilines is 2. The lowest BCUT2D eigenvalue weighted by Gasteiger charge is -2.31. The fourth-order valence-electron chi connectivity index (χ4n) is 3.01. The average Bonchev–Trinajstić information content (AvgIpc) is 2.53. The molecule has 7 nitrogen and oxygen atoms in total. The molecule has 0 atom stereocenters. The van der Waals surface area contributed by atoms with E-state index in [-0.39, 0.29) is 6.04 Å². The number of hydrogen-bond donors (Lipinski definition) is 3. The fourth-order valence-corrected chi connectivity index (χ4v) is 4.61. The van der Waals surface area contributed by atoms with E-state index in [1.165, 1.54) is 0 Å². The van der Waals surface area contributed by atoms with Crippen LogP contribution in [-0.2, 0) is 20.0 Å². The van der Waals surface area contributed by atoms with E-state index in [0.717, 1.165) is 44.2 Å². The van der Waals surface area contributed by atoms with Crippen LogP contribution in [0.4, 0.5) is 11.4 Å². The lowest BCUT2D eigenvalue weighted by Crippen LogP contribution is -2.46. The van der Waals surface area contributed by atoms with Gasteiger partial charge in [0.2, 0.25) is 20.0 Å². The second kappa shape index (κ2) is 8.36. The Morgan fingerprint density at radius 1 is 0.926 bits per heavy atom. The molecule has 1 aromatic rings. The molecule has 0 radical (unpaired) electrons. The Bertz CT molecular complexity index is 820. The van der Waals surface area contributed by atoms with Crippen molar-refractivity contribution in [1.82, 2.24) is 4.72 Å². The summed E-state index contributed by atoms with van der Waals surface area (Å²) < 4.78 is 51.5. The number of hydrogen-bond acceptors (Lipinski definition) is 5. The zero-order valence-electron chi connectivity index (χ0n) is 16.4. The minimum atomic E-state index is -3.30. The number of benzene rings is 1. The summed E-state index contributed by atoms with van der Waals surface area (Å²) in [7, 11) is -6.57. The van der Waals surface area contributed by atoms with Gasteiger partial charge in [0.05, 0.1) is 11.0 Å². The maximum Gasteiger partial charge on any atom is 0.229 e. The van der Waals surface area contributed by atoms with Gasteiger partial charge in [0.25, 0.3) is 0 Å². The van der Waals surface area contributed by atoms with Crippen LogP contribution in [0.25, 0.3) is 0 Å². The van der Waals surface area contributed by atoms with E-state index in [1.54, 1.807) is 32.9 Å². The zero-order valence-corrected chi connectivity index (χ0v) is 18.1. The van der Waals surface area contributed by atoms with E-state index in [0.29, 0.717) is 11.6 Å². The second-order valence-corrected chi connectivity index (χ2v) is 12.5. The van der Waals surface area contributed by atoms with Crippen molar-refractivity contribution in [2.45, 2.75) is 57.2 Å². The lowest BCUT2D eigenvalue weighted by atomic mass is 9.86. The van der Waals surface area contributed by atoms with Gasteiger partial charge in [0, 0.05) is 24.0 Å². The van der Waals surface area contributed by atoms with Gasteiger partial charge in [0.1, 0.15) is 0 Å². The Morgan fingerprint density at radius 3 is 1.93 bits per heavy atom. The Labute approximate surface area is 163 Å². The maximum absolute atomic E-state index is 12.3. The number of sulfonamides is 2. The molecule has 1 aliphatic rings. The highest BCUT2D eigenvalue weighted by Gasteiger charge is 2.32. The largest absolute Gasteiger partial charge is 0.385 e. The van der Waals surface area contributed by atoms with Crippen molar-refractivity contribution < 1.29 is 16.8 Å². The van der Waals surface area contributed by atoms with Crippen molar-refractivity contribution in [3.63, 3.8) is 0 Å². The molecule has 0 bridgehead atoms. The van der Waals surface area contributed by atoms with Gasteiger partial charge in [0.15, 0.2) is 0 Å². The molecule has 2 rings (SSSR count). The fraction of sp³-hybridized carbons (Fsp3) is 0.667. The summed E-state index contributed by atoms with van der Waals surface area (Å²) in [6, 6.07) is 7.16. The summed E-state index contributed by atoms with van der Waals surface area (Å²) in [6.07, 6.45) is 4.75. The van der Waals surface area contributed by atoms with Crippen molar-refractivity contribution in [2.75, 3.05) is 22.8 Å². The first-order valence-electron chi connectivity index (χ1n) is 9.19. The molecule has 1 saturated carbocycles. The van der Waals surface area contributed by atoms with Crippen LogP contribution >= 0.6 is 0 Å². The van der Waals surface area contributed by atoms with Crippen LogP contribution in [-0.4, -0.2) is 40.4 Å². The normalized spacial score (nSPS) is 21.6. The van der Waals surface area contributed by atoms with Gasteiger partial charge >= 0.3 is 0 Å². The third-order valence-electron chi connectivity index (χ3n) is 4.76. The van der Waals surface area contributed by atoms with Crippen molar-refractivity contribution in [3.8, 4) is 0 Å². The Balaban J connectivity index is 1.78. The molecule has 1 aromatic carbocycles. The first-order valence-corrected chi connectivity index (χ1v) is 12.6. The van der Waals surface area contributed by atoms with Gasteiger partial charge in [-0.15, -0.1) is 0 Å². The minimum Gasteiger partial charge on any atom is -0.385 e. The summed E-state index contributed by atoms with van der Waals surface area (Å²) in [5.41, 5.74) is 1.47. The molecule has 0 heterocycles. The van der Waals surface area contributed by atoms with Crippen LogP contribution < -0.4 is 14.8 Å². The van der Waals surface area contributed by atoms with Crippen LogP contribution in [0.15, 0.2) is 24.3 Å². The molecule has 0 aromatic heterocycles. The molecule has 1 aliphatic carbocycles. The highest BCUT2D eigenvalue weighted by atomic mass is 32.2. The summed E-state index contributed by atoms with van der Waals surface area (Å²) in [5.74, 6) is 0.495. The van der Waals surface area contributed by atoms with Gasteiger partial charge in [-0.25, -0.2) is 21.6 Å². The van der Waals surface area contributed by atoms with E-state index >= 15 is 0 Å². The Kier molecular flexibility index (Phi) is 6.81. The standard InChI is InChI=1S/C18H31N3O4S2/c1-18(2,3)27(24,25)21-17-7-5-14(6-8-17)13-19-15-9-11-16(12-10-15)20-26(4,22)23/h9-12,14,17,19-21H,5-8,13H2,1-4H3/t14-,17-. The summed E-state index contributed by atoms with van der Waals surface area (Å²) in [6.45, 7) is 5.95. The van der Waals surface area contributed by atoms with E-state index in [2.05, 4.69) is 14.8 Å². The average molecular weight is 418 g/mol. The third-order valence-corrected chi connectivity index (χ3v) is 7.62.